The molecule has 0 unspecified atom stereocenters. The van der Waals surface area contributed by atoms with Gasteiger partial charge in [0.25, 0.3) is 0 Å². The molecule has 0 bridgehead atoms. The third-order valence-corrected chi connectivity index (χ3v) is 6.59. The van der Waals surface area contributed by atoms with Gasteiger partial charge in [-0.15, -0.1) is 0 Å². The standard InChI is InChI=1S/C19H24N4O5S/c1-14-11-16(13-20-21-19(24)27-3)15(2)23(14)17-5-4-6-18(12-17)29(25,26)22-7-9-28-10-8-22/h4-6,11-13H,7-10H2,1-3H3,(H,21,24)/b20-13+. The van der Waals surface area contributed by atoms with E-state index in [1.165, 1.54) is 17.6 Å². The quantitative estimate of drug-likeness (QED) is 0.587. The third kappa shape index (κ3) is 4.50. The molecule has 1 fully saturated rings. The lowest BCUT2D eigenvalue weighted by molar-refractivity contribution is 0.0730. The maximum absolute atomic E-state index is 13.0. The van der Waals surface area contributed by atoms with E-state index in [0.717, 1.165) is 22.6 Å². The molecule has 0 spiro atoms. The minimum Gasteiger partial charge on any atom is -0.452 e. The molecule has 0 aliphatic carbocycles. The smallest absolute Gasteiger partial charge is 0.427 e. The number of aromatic nitrogens is 1. The SMILES string of the molecule is COC(=O)N/N=C/c1cc(C)n(-c2cccc(S(=O)(=O)N3CCOCC3)c2)c1C. The normalized spacial score (nSPS) is 15.6. The van der Waals surface area contributed by atoms with E-state index in [1.54, 1.807) is 18.2 Å². The molecule has 1 aromatic heterocycles. The molecule has 2 aromatic rings. The van der Waals surface area contributed by atoms with Gasteiger partial charge in [0.15, 0.2) is 0 Å². The van der Waals surface area contributed by atoms with Crippen molar-refractivity contribution in [3.8, 4) is 5.69 Å². The first kappa shape index (κ1) is 21.0. The molecule has 1 saturated heterocycles. The highest BCUT2D eigenvalue weighted by molar-refractivity contribution is 7.89. The van der Waals surface area contributed by atoms with Crippen LogP contribution in [-0.4, -0.2) is 63.0 Å². The van der Waals surface area contributed by atoms with Crippen LogP contribution in [0.3, 0.4) is 0 Å². The molecule has 156 valence electrons. The van der Waals surface area contributed by atoms with E-state index >= 15 is 0 Å². The van der Waals surface area contributed by atoms with Crippen molar-refractivity contribution in [1.29, 1.82) is 0 Å². The lowest BCUT2D eigenvalue weighted by Gasteiger charge is -2.26. The highest BCUT2D eigenvalue weighted by atomic mass is 32.2. The fourth-order valence-corrected chi connectivity index (χ4v) is 4.68. The number of amides is 1. The fraction of sp³-hybridized carbons (Fsp3) is 0.368. The summed E-state index contributed by atoms with van der Waals surface area (Å²) in [7, 11) is -2.33. The Bertz CT molecular complexity index is 1020. The van der Waals surface area contributed by atoms with Gasteiger partial charge in [-0.1, -0.05) is 6.07 Å². The Morgan fingerprint density at radius 3 is 2.66 bits per heavy atom. The Hall–Kier alpha value is -2.69. The first-order chi connectivity index (χ1) is 13.8. The predicted molar refractivity (Wildman–Crippen MR) is 108 cm³/mol. The number of hydrogen-bond donors (Lipinski definition) is 1. The molecule has 1 amide bonds. The summed E-state index contributed by atoms with van der Waals surface area (Å²) in [6, 6.07) is 8.75. The van der Waals surface area contributed by atoms with Crippen molar-refractivity contribution in [2.24, 2.45) is 5.10 Å². The topological polar surface area (TPSA) is 102 Å². The molecule has 1 aromatic carbocycles. The maximum Gasteiger partial charge on any atom is 0.427 e. The van der Waals surface area contributed by atoms with Crippen molar-refractivity contribution < 1.29 is 22.7 Å². The van der Waals surface area contributed by atoms with Crippen molar-refractivity contribution in [2.45, 2.75) is 18.7 Å². The fourth-order valence-electron chi connectivity index (χ4n) is 3.23. The maximum atomic E-state index is 13.0. The largest absolute Gasteiger partial charge is 0.452 e. The molecule has 0 atom stereocenters. The van der Waals surface area contributed by atoms with Gasteiger partial charge >= 0.3 is 6.09 Å². The molecule has 9 nitrogen and oxygen atoms in total. The highest BCUT2D eigenvalue weighted by Crippen LogP contribution is 2.24. The van der Waals surface area contributed by atoms with Crippen molar-refractivity contribution in [3.63, 3.8) is 0 Å². The summed E-state index contributed by atoms with van der Waals surface area (Å²) in [6.07, 6.45) is 0.862. The zero-order valence-corrected chi connectivity index (χ0v) is 17.4. The Kier molecular flexibility index (Phi) is 6.36. The van der Waals surface area contributed by atoms with Gasteiger partial charge in [-0.3, -0.25) is 0 Å². The van der Waals surface area contributed by atoms with E-state index in [0.29, 0.717) is 26.3 Å². The number of carbonyl (C=O) groups excluding carboxylic acids is 1. The number of nitrogens with one attached hydrogen (secondary N) is 1. The molecule has 10 heteroatoms. The Balaban J connectivity index is 1.92. The lowest BCUT2D eigenvalue weighted by Crippen LogP contribution is -2.40. The second kappa shape index (κ2) is 8.76. The second-order valence-electron chi connectivity index (χ2n) is 6.54. The van der Waals surface area contributed by atoms with Crippen molar-refractivity contribution in [1.82, 2.24) is 14.3 Å². The van der Waals surface area contributed by atoms with Crippen LogP contribution in [0, 0.1) is 13.8 Å². The summed E-state index contributed by atoms with van der Waals surface area (Å²) in [6.45, 7) is 5.31. The number of rotatable bonds is 5. The van der Waals surface area contributed by atoms with Crippen LogP contribution in [-0.2, 0) is 19.5 Å². The summed E-state index contributed by atoms with van der Waals surface area (Å²) in [4.78, 5) is 11.4. The number of morpholine rings is 1. The van der Waals surface area contributed by atoms with Gasteiger partial charge in [-0.25, -0.2) is 18.6 Å². The second-order valence-corrected chi connectivity index (χ2v) is 8.48. The number of methoxy groups -OCH3 is 1. The van der Waals surface area contributed by atoms with Gasteiger partial charge in [0.1, 0.15) is 0 Å². The number of hydrazone groups is 1. The number of carbonyl (C=O) groups is 1. The van der Waals surface area contributed by atoms with E-state index in [-0.39, 0.29) is 4.90 Å². The molecule has 0 saturated carbocycles. The van der Waals surface area contributed by atoms with Gasteiger partial charge in [0, 0.05) is 35.7 Å². The van der Waals surface area contributed by atoms with Crippen molar-refractivity contribution >= 4 is 22.3 Å². The first-order valence-corrected chi connectivity index (χ1v) is 10.5. The molecule has 29 heavy (non-hydrogen) atoms. The summed E-state index contributed by atoms with van der Waals surface area (Å²) < 4.78 is 39.1. The lowest BCUT2D eigenvalue weighted by atomic mass is 10.2. The Morgan fingerprint density at radius 2 is 1.97 bits per heavy atom. The van der Waals surface area contributed by atoms with Gasteiger partial charge < -0.3 is 14.0 Å². The molecule has 1 aliphatic rings. The summed E-state index contributed by atoms with van der Waals surface area (Å²) in [5.74, 6) is 0. The van der Waals surface area contributed by atoms with E-state index in [4.69, 9.17) is 4.74 Å². The van der Waals surface area contributed by atoms with E-state index in [1.807, 2.05) is 30.5 Å². The monoisotopic (exact) mass is 420 g/mol. The average molecular weight is 420 g/mol. The zero-order chi connectivity index (χ0) is 21.0. The Morgan fingerprint density at radius 1 is 1.24 bits per heavy atom. The number of sulfonamides is 1. The highest BCUT2D eigenvalue weighted by Gasteiger charge is 2.26. The van der Waals surface area contributed by atoms with Crippen molar-refractivity contribution in [2.75, 3.05) is 33.4 Å². The predicted octanol–water partition coefficient (Wildman–Crippen LogP) is 1.80. The number of benzene rings is 1. The zero-order valence-electron chi connectivity index (χ0n) is 16.6. The molecule has 2 heterocycles. The minimum atomic E-state index is -3.59. The molecule has 1 aliphatic heterocycles. The van der Waals surface area contributed by atoms with Gasteiger partial charge in [-0.2, -0.15) is 9.41 Å². The van der Waals surface area contributed by atoms with E-state index < -0.39 is 16.1 Å². The van der Waals surface area contributed by atoms with Crippen LogP contribution in [0.1, 0.15) is 17.0 Å². The summed E-state index contributed by atoms with van der Waals surface area (Å²) in [5, 5.41) is 3.86. The summed E-state index contributed by atoms with van der Waals surface area (Å²) in [5.41, 5.74) is 5.53. The van der Waals surface area contributed by atoms with E-state index in [2.05, 4.69) is 15.3 Å². The van der Waals surface area contributed by atoms with Crippen LogP contribution >= 0.6 is 0 Å². The minimum absolute atomic E-state index is 0.243. The molecule has 3 rings (SSSR count). The molecule has 0 radical (unpaired) electrons. The number of ether oxygens (including phenoxy) is 2. The van der Waals surface area contributed by atoms with Crippen molar-refractivity contribution in [3.05, 3.63) is 47.3 Å². The van der Waals surface area contributed by atoms with Gasteiger partial charge in [-0.05, 0) is 38.1 Å². The van der Waals surface area contributed by atoms with Crippen LogP contribution in [0.4, 0.5) is 4.79 Å². The number of nitrogens with zero attached hydrogens (tertiary/aromatic N) is 3. The van der Waals surface area contributed by atoms with Crippen LogP contribution in [0.25, 0.3) is 5.69 Å². The van der Waals surface area contributed by atoms with Crippen LogP contribution in [0.2, 0.25) is 0 Å². The average Bonchev–Trinajstić information content (AvgIpc) is 3.01. The number of aryl methyl sites for hydroxylation is 1. The van der Waals surface area contributed by atoms with Gasteiger partial charge in [0.05, 0.1) is 31.4 Å². The first-order valence-electron chi connectivity index (χ1n) is 9.09. The molecule has 1 N–H and O–H groups in total. The van der Waals surface area contributed by atoms with E-state index in [9.17, 15) is 13.2 Å². The van der Waals surface area contributed by atoms with Crippen LogP contribution < -0.4 is 5.43 Å². The molecular weight excluding hydrogens is 396 g/mol. The number of hydrogen-bond acceptors (Lipinski definition) is 6. The van der Waals surface area contributed by atoms with Crippen LogP contribution in [0.15, 0.2) is 40.3 Å². The Labute approximate surface area is 170 Å². The van der Waals surface area contributed by atoms with Gasteiger partial charge in [0.2, 0.25) is 10.0 Å². The van der Waals surface area contributed by atoms with Crippen LogP contribution in [0.5, 0.6) is 0 Å². The summed E-state index contributed by atoms with van der Waals surface area (Å²) >= 11 is 0. The third-order valence-electron chi connectivity index (χ3n) is 4.70. The molecular formula is C19H24N4O5S.